The van der Waals surface area contributed by atoms with Gasteiger partial charge in [-0.15, -0.1) is 0 Å². The van der Waals surface area contributed by atoms with Crippen LogP contribution < -0.4 is 5.56 Å². The van der Waals surface area contributed by atoms with Crippen molar-refractivity contribution in [1.82, 2.24) is 10.2 Å². The molecule has 1 heterocycles. The summed E-state index contributed by atoms with van der Waals surface area (Å²) in [6.07, 6.45) is 2.11. The van der Waals surface area contributed by atoms with Gasteiger partial charge < -0.3 is 0 Å². The van der Waals surface area contributed by atoms with Gasteiger partial charge in [0.25, 0.3) is 5.56 Å². The zero-order chi connectivity index (χ0) is 8.48. The van der Waals surface area contributed by atoms with Gasteiger partial charge >= 0.3 is 0 Å². The van der Waals surface area contributed by atoms with Crippen molar-refractivity contribution >= 4 is 9.84 Å². The minimum absolute atomic E-state index is 0.0683. The van der Waals surface area contributed by atoms with Crippen molar-refractivity contribution in [2.75, 3.05) is 6.26 Å². The van der Waals surface area contributed by atoms with Gasteiger partial charge in [0.05, 0.1) is 11.1 Å². The van der Waals surface area contributed by atoms with Gasteiger partial charge in [0.2, 0.25) is 0 Å². The monoisotopic (exact) mass is 174 g/mol. The summed E-state index contributed by atoms with van der Waals surface area (Å²) in [6.45, 7) is 0. The molecule has 0 spiro atoms. The largest absolute Gasteiger partial charge is 0.268 e. The van der Waals surface area contributed by atoms with E-state index in [0.717, 1.165) is 18.5 Å². The average molecular weight is 174 g/mol. The first-order chi connectivity index (χ1) is 5.00. The van der Waals surface area contributed by atoms with Gasteiger partial charge in [0.15, 0.2) is 9.84 Å². The van der Waals surface area contributed by atoms with Crippen LogP contribution in [0.2, 0.25) is 0 Å². The molecule has 0 aromatic carbocycles. The number of nitrogens with one attached hydrogen (secondary N) is 1. The Kier molecular flexibility index (Phi) is 1.77. The lowest BCUT2D eigenvalue weighted by Gasteiger charge is -1.92. The summed E-state index contributed by atoms with van der Waals surface area (Å²) in [5, 5.41) is 5.41. The van der Waals surface area contributed by atoms with Gasteiger partial charge in [-0.25, -0.2) is 13.5 Å². The molecule has 0 unspecified atom stereocenters. The van der Waals surface area contributed by atoms with Crippen molar-refractivity contribution in [1.29, 1.82) is 0 Å². The molecule has 1 N–H and O–H groups in total. The van der Waals surface area contributed by atoms with E-state index in [4.69, 9.17) is 0 Å². The van der Waals surface area contributed by atoms with E-state index in [2.05, 4.69) is 10.2 Å². The summed E-state index contributed by atoms with van der Waals surface area (Å²) >= 11 is 0. The average Bonchev–Trinajstić information content (AvgIpc) is 1.86. The standard InChI is InChI=1S/C5H6N2O3S/c1-11(9,10)4-2-5(8)7-6-3-4/h2-3H,1H3,(H,7,8). The molecule has 6 heteroatoms. The Hall–Kier alpha value is -1.17. The third-order valence-electron chi connectivity index (χ3n) is 1.07. The highest BCUT2D eigenvalue weighted by Crippen LogP contribution is 2.00. The fraction of sp³-hybridized carbons (Fsp3) is 0.200. The molecule has 5 nitrogen and oxygen atoms in total. The minimum Gasteiger partial charge on any atom is -0.268 e. The zero-order valence-electron chi connectivity index (χ0n) is 5.73. The fourth-order valence-corrected chi connectivity index (χ4v) is 1.13. The number of hydrogen-bond acceptors (Lipinski definition) is 4. The summed E-state index contributed by atoms with van der Waals surface area (Å²) in [6, 6.07) is 0.988. The fourth-order valence-electron chi connectivity index (χ4n) is 0.561. The predicted octanol–water partition coefficient (Wildman–Crippen LogP) is -0.827. The second-order valence-corrected chi connectivity index (χ2v) is 4.07. The van der Waals surface area contributed by atoms with E-state index in [1.54, 1.807) is 0 Å². The van der Waals surface area contributed by atoms with Crippen LogP contribution in [0.5, 0.6) is 0 Å². The zero-order valence-corrected chi connectivity index (χ0v) is 6.55. The summed E-state index contributed by atoms with van der Waals surface area (Å²) in [5.74, 6) is 0. The third-order valence-corrected chi connectivity index (χ3v) is 2.15. The predicted molar refractivity (Wildman–Crippen MR) is 38.0 cm³/mol. The Labute approximate surface area is 63.0 Å². The van der Waals surface area contributed by atoms with Crippen LogP contribution in [0.15, 0.2) is 22.0 Å². The molecule has 0 bridgehead atoms. The Bertz CT molecular complexity index is 406. The minimum atomic E-state index is -3.31. The van der Waals surface area contributed by atoms with Crippen LogP contribution in [0.3, 0.4) is 0 Å². The SMILES string of the molecule is CS(=O)(=O)c1cn[nH]c(=O)c1. The Morgan fingerprint density at radius 1 is 1.55 bits per heavy atom. The number of aromatic nitrogens is 2. The first-order valence-electron chi connectivity index (χ1n) is 2.75. The molecular formula is C5H6N2O3S. The number of H-pyrrole nitrogens is 1. The smallest absolute Gasteiger partial charge is 0.265 e. The molecule has 0 saturated carbocycles. The van der Waals surface area contributed by atoms with Crippen LogP contribution in [0.1, 0.15) is 0 Å². The highest BCUT2D eigenvalue weighted by atomic mass is 32.2. The third kappa shape index (κ3) is 1.87. The molecule has 0 aliphatic carbocycles. The first-order valence-corrected chi connectivity index (χ1v) is 4.64. The maximum atomic E-state index is 10.8. The molecule has 0 radical (unpaired) electrons. The van der Waals surface area contributed by atoms with Crippen LogP contribution in [-0.2, 0) is 9.84 Å². The molecule has 0 fully saturated rings. The van der Waals surface area contributed by atoms with Crippen molar-refractivity contribution in [3.8, 4) is 0 Å². The Balaban J connectivity index is 3.40. The summed E-state index contributed by atoms with van der Waals surface area (Å²) in [4.78, 5) is 10.5. The number of nitrogens with zero attached hydrogens (tertiary/aromatic N) is 1. The van der Waals surface area contributed by atoms with Gasteiger partial charge in [-0.1, -0.05) is 0 Å². The van der Waals surface area contributed by atoms with Gasteiger partial charge in [-0.3, -0.25) is 4.79 Å². The lowest BCUT2D eigenvalue weighted by molar-refractivity contribution is 0.600. The number of sulfone groups is 1. The van der Waals surface area contributed by atoms with Crippen molar-refractivity contribution < 1.29 is 8.42 Å². The van der Waals surface area contributed by atoms with Crippen LogP contribution >= 0.6 is 0 Å². The molecular weight excluding hydrogens is 168 g/mol. The molecule has 0 amide bonds. The van der Waals surface area contributed by atoms with Gasteiger partial charge in [-0.05, 0) is 0 Å². The molecule has 60 valence electrons. The van der Waals surface area contributed by atoms with Crippen LogP contribution in [-0.4, -0.2) is 24.9 Å². The summed E-state index contributed by atoms with van der Waals surface area (Å²) in [5.41, 5.74) is -0.520. The molecule has 0 atom stereocenters. The van der Waals surface area contributed by atoms with Crippen molar-refractivity contribution in [2.24, 2.45) is 0 Å². The van der Waals surface area contributed by atoms with E-state index in [1.807, 2.05) is 0 Å². The number of aromatic amines is 1. The van der Waals surface area contributed by atoms with E-state index in [1.165, 1.54) is 0 Å². The van der Waals surface area contributed by atoms with Crippen molar-refractivity contribution in [2.45, 2.75) is 4.90 Å². The molecule has 0 aliphatic heterocycles. The molecule has 1 aromatic heterocycles. The van der Waals surface area contributed by atoms with Gasteiger partial charge in [0.1, 0.15) is 0 Å². The highest BCUT2D eigenvalue weighted by Gasteiger charge is 2.06. The topological polar surface area (TPSA) is 79.9 Å². The van der Waals surface area contributed by atoms with Crippen molar-refractivity contribution in [3.05, 3.63) is 22.6 Å². The lowest BCUT2D eigenvalue weighted by Crippen LogP contribution is -2.09. The van der Waals surface area contributed by atoms with E-state index < -0.39 is 15.4 Å². The Morgan fingerprint density at radius 3 is 2.55 bits per heavy atom. The van der Waals surface area contributed by atoms with Crippen molar-refractivity contribution in [3.63, 3.8) is 0 Å². The second-order valence-electron chi connectivity index (χ2n) is 2.05. The summed E-state index contributed by atoms with van der Waals surface area (Å²) < 4.78 is 21.6. The normalized spacial score (nSPS) is 11.4. The molecule has 1 rings (SSSR count). The Morgan fingerprint density at radius 2 is 2.18 bits per heavy atom. The second kappa shape index (κ2) is 2.46. The van der Waals surface area contributed by atoms with E-state index >= 15 is 0 Å². The van der Waals surface area contributed by atoms with E-state index in [0.29, 0.717) is 0 Å². The first kappa shape index (κ1) is 7.93. The molecule has 11 heavy (non-hydrogen) atoms. The molecule has 0 aliphatic rings. The van der Waals surface area contributed by atoms with E-state index in [9.17, 15) is 13.2 Å². The van der Waals surface area contributed by atoms with Crippen LogP contribution in [0.4, 0.5) is 0 Å². The van der Waals surface area contributed by atoms with Gasteiger partial charge in [-0.2, -0.15) is 5.10 Å². The van der Waals surface area contributed by atoms with Crippen LogP contribution in [0.25, 0.3) is 0 Å². The summed E-state index contributed by atoms with van der Waals surface area (Å²) in [7, 11) is -3.31. The number of rotatable bonds is 1. The highest BCUT2D eigenvalue weighted by molar-refractivity contribution is 7.90. The maximum Gasteiger partial charge on any atom is 0.265 e. The molecule has 0 saturated heterocycles. The maximum absolute atomic E-state index is 10.8. The van der Waals surface area contributed by atoms with Crippen LogP contribution in [0, 0.1) is 0 Å². The van der Waals surface area contributed by atoms with Gasteiger partial charge in [0, 0.05) is 12.3 Å². The number of hydrogen-bond donors (Lipinski definition) is 1. The lowest BCUT2D eigenvalue weighted by atomic mass is 10.6. The quantitative estimate of drug-likeness (QED) is 0.602. The van der Waals surface area contributed by atoms with E-state index in [-0.39, 0.29) is 4.90 Å². The molecule has 1 aromatic rings.